The van der Waals surface area contributed by atoms with Gasteiger partial charge < -0.3 is 0 Å². The molecule has 0 spiro atoms. The van der Waals surface area contributed by atoms with E-state index in [9.17, 15) is 4.39 Å². The Hall–Kier alpha value is -1.77. The molecule has 0 saturated heterocycles. The van der Waals surface area contributed by atoms with Crippen LogP contribution in [0.5, 0.6) is 0 Å². The molecule has 1 aromatic heterocycles. The van der Waals surface area contributed by atoms with Gasteiger partial charge >= 0.3 is 0 Å². The molecule has 2 aromatic rings. The van der Waals surface area contributed by atoms with E-state index < -0.39 is 0 Å². The molecule has 0 saturated carbocycles. The first-order valence-electron chi connectivity index (χ1n) is 5.29. The number of hydrogen-bond donors (Lipinski definition) is 0. The molecule has 0 bridgehead atoms. The summed E-state index contributed by atoms with van der Waals surface area (Å²) in [6, 6.07) is 6.34. The predicted molar refractivity (Wildman–Crippen MR) is 61.5 cm³/mol. The van der Waals surface area contributed by atoms with Gasteiger partial charge in [0.25, 0.3) is 0 Å². The van der Waals surface area contributed by atoms with Crippen molar-refractivity contribution < 1.29 is 4.39 Å². The summed E-state index contributed by atoms with van der Waals surface area (Å²) in [4.78, 5) is 8.64. The summed E-state index contributed by atoms with van der Waals surface area (Å²) in [5, 5.41) is 0. The number of nitrogens with zero attached hydrogens (tertiary/aromatic N) is 2. The lowest BCUT2D eigenvalue weighted by Gasteiger charge is -2.05. The lowest BCUT2D eigenvalue weighted by Crippen LogP contribution is -1.97. The SMILES string of the molecule is CCc1nc(-c2cccc(F)c2)ncc1C. The molecular weight excluding hydrogens is 203 g/mol. The quantitative estimate of drug-likeness (QED) is 0.770. The molecule has 0 radical (unpaired) electrons. The third-order valence-corrected chi connectivity index (χ3v) is 2.49. The van der Waals surface area contributed by atoms with E-state index >= 15 is 0 Å². The summed E-state index contributed by atoms with van der Waals surface area (Å²) >= 11 is 0. The molecular formula is C13H13FN2. The summed E-state index contributed by atoms with van der Waals surface area (Å²) < 4.78 is 13.1. The maximum atomic E-state index is 13.1. The van der Waals surface area contributed by atoms with Gasteiger partial charge in [-0.1, -0.05) is 19.1 Å². The van der Waals surface area contributed by atoms with Crippen LogP contribution in [0.1, 0.15) is 18.2 Å². The third-order valence-electron chi connectivity index (χ3n) is 2.49. The van der Waals surface area contributed by atoms with Crippen LogP contribution in [0.3, 0.4) is 0 Å². The minimum absolute atomic E-state index is 0.264. The molecule has 0 fully saturated rings. The molecule has 2 rings (SSSR count). The van der Waals surface area contributed by atoms with E-state index in [4.69, 9.17) is 0 Å². The monoisotopic (exact) mass is 216 g/mol. The summed E-state index contributed by atoms with van der Waals surface area (Å²) in [6.07, 6.45) is 2.64. The van der Waals surface area contributed by atoms with Crippen molar-refractivity contribution in [2.75, 3.05) is 0 Å². The van der Waals surface area contributed by atoms with Crippen LogP contribution in [0.25, 0.3) is 11.4 Å². The zero-order chi connectivity index (χ0) is 11.5. The maximum absolute atomic E-state index is 13.1. The number of benzene rings is 1. The van der Waals surface area contributed by atoms with E-state index in [2.05, 4.69) is 9.97 Å². The van der Waals surface area contributed by atoms with Crippen molar-refractivity contribution in [3.05, 3.63) is 47.5 Å². The normalized spacial score (nSPS) is 10.4. The number of halogens is 1. The molecule has 0 aliphatic rings. The van der Waals surface area contributed by atoms with Crippen LogP contribution in [0.2, 0.25) is 0 Å². The van der Waals surface area contributed by atoms with E-state index in [-0.39, 0.29) is 5.82 Å². The predicted octanol–water partition coefficient (Wildman–Crippen LogP) is 3.15. The molecule has 3 heteroatoms. The highest BCUT2D eigenvalue weighted by Gasteiger charge is 2.05. The Kier molecular flexibility index (Phi) is 2.95. The molecule has 16 heavy (non-hydrogen) atoms. The molecule has 0 aliphatic carbocycles. The second kappa shape index (κ2) is 4.39. The van der Waals surface area contributed by atoms with Crippen molar-refractivity contribution in [3.8, 4) is 11.4 Å². The van der Waals surface area contributed by atoms with E-state index in [0.29, 0.717) is 5.82 Å². The van der Waals surface area contributed by atoms with Crippen LogP contribution >= 0.6 is 0 Å². The van der Waals surface area contributed by atoms with Gasteiger partial charge in [0.05, 0.1) is 0 Å². The largest absolute Gasteiger partial charge is 0.236 e. The molecule has 1 heterocycles. The van der Waals surface area contributed by atoms with E-state index in [0.717, 1.165) is 23.2 Å². The van der Waals surface area contributed by atoms with Crippen molar-refractivity contribution in [2.45, 2.75) is 20.3 Å². The fraction of sp³-hybridized carbons (Fsp3) is 0.231. The maximum Gasteiger partial charge on any atom is 0.159 e. The van der Waals surface area contributed by atoms with Crippen molar-refractivity contribution in [1.29, 1.82) is 0 Å². The van der Waals surface area contributed by atoms with Crippen molar-refractivity contribution in [1.82, 2.24) is 9.97 Å². The molecule has 0 atom stereocenters. The Labute approximate surface area is 94.2 Å². The van der Waals surface area contributed by atoms with E-state index in [1.54, 1.807) is 12.3 Å². The zero-order valence-corrected chi connectivity index (χ0v) is 9.37. The smallest absolute Gasteiger partial charge is 0.159 e. The first-order valence-corrected chi connectivity index (χ1v) is 5.29. The number of aryl methyl sites for hydroxylation is 2. The fourth-order valence-corrected chi connectivity index (χ4v) is 1.60. The minimum atomic E-state index is -0.264. The molecule has 2 nitrogen and oxygen atoms in total. The average Bonchev–Trinajstić information content (AvgIpc) is 2.29. The zero-order valence-electron chi connectivity index (χ0n) is 9.37. The highest BCUT2D eigenvalue weighted by Crippen LogP contribution is 2.17. The van der Waals surface area contributed by atoms with Crippen LogP contribution in [0, 0.1) is 12.7 Å². The van der Waals surface area contributed by atoms with Crippen molar-refractivity contribution in [2.24, 2.45) is 0 Å². The van der Waals surface area contributed by atoms with Crippen LogP contribution in [0.4, 0.5) is 4.39 Å². The van der Waals surface area contributed by atoms with Crippen molar-refractivity contribution >= 4 is 0 Å². The van der Waals surface area contributed by atoms with Crippen LogP contribution in [-0.2, 0) is 6.42 Å². The molecule has 0 N–H and O–H groups in total. The summed E-state index contributed by atoms with van der Waals surface area (Å²) in [7, 11) is 0. The average molecular weight is 216 g/mol. The van der Waals surface area contributed by atoms with Gasteiger partial charge in [0.1, 0.15) is 5.82 Å². The van der Waals surface area contributed by atoms with Gasteiger partial charge in [0.2, 0.25) is 0 Å². The Bertz CT molecular complexity index is 509. The molecule has 1 aromatic carbocycles. The van der Waals surface area contributed by atoms with Gasteiger partial charge in [-0.05, 0) is 31.0 Å². The highest BCUT2D eigenvalue weighted by molar-refractivity contribution is 5.54. The number of rotatable bonds is 2. The van der Waals surface area contributed by atoms with Gasteiger partial charge in [-0.15, -0.1) is 0 Å². The van der Waals surface area contributed by atoms with Gasteiger partial charge in [-0.3, -0.25) is 0 Å². The Balaban J connectivity index is 2.48. The first kappa shape index (κ1) is 10.7. The Morgan fingerprint density at radius 2 is 2.12 bits per heavy atom. The lowest BCUT2D eigenvalue weighted by atomic mass is 10.1. The topological polar surface area (TPSA) is 25.8 Å². The molecule has 0 unspecified atom stereocenters. The number of hydrogen-bond acceptors (Lipinski definition) is 2. The fourth-order valence-electron chi connectivity index (χ4n) is 1.60. The summed E-state index contributed by atoms with van der Waals surface area (Å²) in [5.41, 5.74) is 2.80. The first-order chi connectivity index (χ1) is 7.70. The minimum Gasteiger partial charge on any atom is -0.236 e. The van der Waals surface area contributed by atoms with E-state index in [1.807, 2.05) is 19.9 Å². The third kappa shape index (κ3) is 2.08. The summed E-state index contributed by atoms with van der Waals surface area (Å²) in [5.74, 6) is 0.321. The number of aromatic nitrogens is 2. The Morgan fingerprint density at radius 1 is 1.31 bits per heavy atom. The van der Waals surface area contributed by atoms with E-state index in [1.165, 1.54) is 12.1 Å². The second-order valence-corrected chi connectivity index (χ2v) is 3.69. The molecule has 82 valence electrons. The van der Waals surface area contributed by atoms with Gasteiger partial charge in [0, 0.05) is 17.5 Å². The highest BCUT2D eigenvalue weighted by atomic mass is 19.1. The standard InChI is InChI=1S/C13H13FN2/c1-3-12-9(2)8-15-13(16-12)10-5-4-6-11(14)7-10/h4-8H,3H2,1-2H3. The second-order valence-electron chi connectivity index (χ2n) is 3.69. The van der Waals surface area contributed by atoms with Gasteiger partial charge in [-0.25, -0.2) is 14.4 Å². The summed E-state index contributed by atoms with van der Waals surface area (Å²) in [6.45, 7) is 4.03. The van der Waals surface area contributed by atoms with Gasteiger partial charge in [-0.2, -0.15) is 0 Å². The van der Waals surface area contributed by atoms with Crippen LogP contribution in [0.15, 0.2) is 30.5 Å². The van der Waals surface area contributed by atoms with Crippen molar-refractivity contribution in [3.63, 3.8) is 0 Å². The Morgan fingerprint density at radius 3 is 2.81 bits per heavy atom. The van der Waals surface area contributed by atoms with Gasteiger partial charge in [0.15, 0.2) is 5.82 Å². The van der Waals surface area contributed by atoms with Crippen LogP contribution < -0.4 is 0 Å². The molecule has 0 amide bonds. The molecule has 0 aliphatic heterocycles. The van der Waals surface area contributed by atoms with Crippen LogP contribution in [-0.4, -0.2) is 9.97 Å². The lowest BCUT2D eigenvalue weighted by molar-refractivity contribution is 0.628.